The van der Waals surface area contributed by atoms with Crippen LogP contribution in [-0.4, -0.2) is 28.0 Å². The Hall–Kier alpha value is -1.14. The van der Waals surface area contributed by atoms with Gasteiger partial charge in [0.25, 0.3) is 0 Å². The molecule has 0 aromatic heterocycles. The van der Waals surface area contributed by atoms with Crippen molar-refractivity contribution in [1.29, 1.82) is 0 Å². The average molecular weight is 234 g/mol. The fraction of sp³-hybridized carbons (Fsp3) is 0.222. The maximum absolute atomic E-state index is 12.7. The van der Waals surface area contributed by atoms with E-state index in [0.29, 0.717) is 0 Å². The monoisotopic (exact) mass is 234 g/mol. The van der Waals surface area contributed by atoms with Gasteiger partial charge >= 0.3 is 5.97 Å². The van der Waals surface area contributed by atoms with Crippen LogP contribution >= 0.6 is 11.8 Å². The summed E-state index contributed by atoms with van der Waals surface area (Å²) in [5.74, 6) is -3.23. The van der Waals surface area contributed by atoms with Crippen molar-refractivity contribution in [3.05, 3.63) is 29.8 Å². The third kappa shape index (κ3) is 3.17. The number of carboxylic acid groups (broad SMARTS) is 1. The Labute approximate surface area is 88.7 Å². The number of aliphatic hydroxyl groups is 1. The van der Waals surface area contributed by atoms with Gasteiger partial charge < -0.3 is 10.2 Å². The molecule has 3 nitrogen and oxygen atoms in total. The van der Waals surface area contributed by atoms with Crippen LogP contribution in [0.4, 0.5) is 8.78 Å². The van der Waals surface area contributed by atoms with Crippen LogP contribution in [0.2, 0.25) is 0 Å². The maximum atomic E-state index is 12.7. The molecule has 1 rings (SSSR count). The summed E-state index contributed by atoms with van der Waals surface area (Å²) in [6.07, 6.45) is 0. The zero-order valence-corrected chi connectivity index (χ0v) is 8.30. The van der Waals surface area contributed by atoms with E-state index in [4.69, 9.17) is 10.2 Å². The first-order chi connectivity index (χ1) is 7.04. The number of hydrogen-bond donors (Lipinski definition) is 2. The zero-order chi connectivity index (χ0) is 11.4. The molecule has 0 heterocycles. The molecule has 0 aliphatic carbocycles. The Morgan fingerprint density at radius 1 is 1.40 bits per heavy atom. The topological polar surface area (TPSA) is 57.5 Å². The van der Waals surface area contributed by atoms with Gasteiger partial charge in [-0.1, -0.05) is 0 Å². The molecule has 6 heteroatoms. The number of benzene rings is 1. The van der Waals surface area contributed by atoms with E-state index < -0.39 is 29.5 Å². The van der Waals surface area contributed by atoms with Crippen molar-refractivity contribution in [3.8, 4) is 0 Å². The van der Waals surface area contributed by atoms with Gasteiger partial charge in [0, 0.05) is 4.90 Å². The van der Waals surface area contributed by atoms with Crippen molar-refractivity contribution < 1.29 is 23.8 Å². The number of hydrogen-bond acceptors (Lipinski definition) is 3. The Balaban J connectivity index is 2.80. The van der Waals surface area contributed by atoms with Crippen molar-refractivity contribution >= 4 is 17.7 Å². The summed E-state index contributed by atoms with van der Waals surface area (Å²) in [7, 11) is 0. The van der Waals surface area contributed by atoms with Gasteiger partial charge in [-0.05, 0) is 18.2 Å². The van der Waals surface area contributed by atoms with E-state index in [2.05, 4.69) is 0 Å². The smallest absolute Gasteiger partial charge is 0.319 e. The van der Waals surface area contributed by atoms with Crippen LogP contribution in [0.1, 0.15) is 0 Å². The third-order valence-corrected chi connectivity index (χ3v) is 2.77. The minimum atomic E-state index is -1.20. The predicted molar refractivity (Wildman–Crippen MR) is 50.7 cm³/mol. The van der Waals surface area contributed by atoms with Crippen LogP contribution in [0.15, 0.2) is 23.1 Å². The zero-order valence-electron chi connectivity index (χ0n) is 7.48. The van der Waals surface area contributed by atoms with Crippen LogP contribution in [0, 0.1) is 11.6 Å². The fourth-order valence-electron chi connectivity index (χ4n) is 0.880. The molecule has 0 fully saturated rings. The Kier molecular flexibility index (Phi) is 4.05. The lowest BCUT2D eigenvalue weighted by Gasteiger charge is -2.08. The molecule has 1 atom stereocenters. The first kappa shape index (κ1) is 11.9. The first-order valence-electron chi connectivity index (χ1n) is 4.00. The normalized spacial score (nSPS) is 12.5. The van der Waals surface area contributed by atoms with Gasteiger partial charge in [-0.2, -0.15) is 0 Å². The maximum Gasteiger partial charge on any atom is 0.319 e. The van der Waals surface area contributed by atoms with Crippen molar-refractivity contribution in [2.75, 3.05) is 6.61 Å². The van der Waals surface area contributed by atoms with Gasteiger partial charge in [-0.15, -0.1) is 11.8 Å². The third-order valence-electron chi connectivity index (χ3n) is 1.61. The summed E-state index contributed by atoms with van der Waals surface area (Å²) < 4.78 is 25.3. The van der Waals surface area contributed by atoms with Crippen molar-refractivity contribution in [2.24, 2.45) is 0 Å². The van der Waals surface area contributed by atoms with Crippen molar-refractivity contribution in [3.63, 3.8) is 0 Å². The molecule has 0 amide bonds. The second kappa shape index (κ2) is 5.09. The molecule has 0 saturated heterocycles. The summed E-state index contributed by atoms with van der Waals surface area (Å²) in [4.78, 5) is 10.8. The van der Waals surface area contributed by atoms with Crippen molar-refractivity contribution in [1.82, 2.24) is 0 Å². The lowest BCUT2D eigenvalue weighted by Crippen LogP contribution is -2.20. The number of thioether (sulfide) groups is 1. The summed E-state index contributed by atoms with van der Waals surface area (Å²) in [6, 6.07) is 3.06. The van der Waals surface area contributed by atoms with E-state index in [9.17, 15) is 13.6 Å². The van der Waals surface area contributed by atoms with Gasteiger partial charge in [-0.3, -0.25) is 4.79 Å². The molecule has 0 radical (unpaired) electrons. The van der Waals surface area contributed by atoms with Crippen molar-refractivity contribution in [2.45, 2.75) is 10.1 Å². The molecule has 0 aliphatic rings. The minimum Gasteiger partial charge on any atom is -0.480 e. The van der Waals surface area contributed by atoms with Crippen LogP contribution in [0.5, 0.6) is 0 Å². The van der Waals surface area contributed by atoms with Gasteiger partial charge in [0.1, 0.15) is 5.25 Å². The number of aliphatic carboxylic acids is 1. The number of carboxylic acids is 1. The molecular weight excluding hydrogens is 226 g/mol. The second-order valence-electron chi connectivity index (χ2n) is 2.70. The first-order valence-corrected chi connectivity index (χ1v) is 4.88. The lowest BCUT2D eigenvalue weighted by molar-refractivity contribution is -0.137. The highest BCUT2D eigenvalue weighted by molar-refractivity contribution is 8.00. The van der Waals surface area contributed by atoms with Crippen LogP contribution < -0.4 is 0 Å². The van der Waals surface area contributed by atoms with Gasteiger partial charge in [0.15, 0.2) is 11.6 Å². The average Bonchev–Trinajstić information content (AvgIpc) is 2.19. The van der Waals surface area contributed by atoms with Crippen LogP contribution in [0.3, 0.4) is 0 Å². The number of rotatable bonds is 4. The number of aliphatic hydroxyl groups excluding tert-OH is 1. The Morgan fingerprint density at radius 3 is 2.53 bits per heavy atom. The molecule has 0 bridgehead atoms. The van der Waals surface area contributed by atoms with E-state index in [1.807, 2.05) is 0 Å². The molecule has 0 saturated carbocycles. The van der Waals surface area contributed by atoms with Gasteiger partial charge in [0.2, 0.25) is 0 Å². The molecule has 0 spiro atoms. The molecule has 82 valence electrons. The largest absolute Gasteiger partial charge is 0.480 e. The SMILES string of the molecule is O=C(O)C(CO)Sc1ccc(F)c(F)c1. The molecule has 0 aliphatic heterocycles. The molecule has 15 heavy (non-hydrogen) atoms. The number of carbonyl (C=O) groups is 1. The molecule has 1 unspecified atom stereocenters. The van der Waals surface area contributed by atoms with E-state index >= 15 is 0 Å². The lowest BCUT2D eigenvalue weighted by atomic mass is 10.3. The Morgan fingerprint density at radius 2 is 2.07 bits per heavy atom. The number of halogens is 2. The molecule has 1 aromatic rings. The van der Waals surface area contributed by atoms with Gasteiger partial charge in [-0.25, -0.2) is 8.78 Å². The van der Waals surface area contributed by atoms with Crippen LogP contribution in [0.25, 0.3) is 0 Å². The fourth-order valence-corrected chi connectivity index (χ4v) is 1.70. The van der Waals surface area contributed by atoms with Crippen LogP contribution in [-0.2, 0) is 4.79 Å². The molecule has 2 N–H and O–H groups in total. The minimum absolute atomic E-state index is 0.260. The molecular formula is C9H8F2O3S. The van der Waals surface area contributed by atoms with E-state index in [1.165, 1.54) is 6.07 Å². The predicted octanol–water partition coefficient (Wildman–Crippen LogP) is 1.50. The summed E-state index contributed by atoms with van der Waals surface area (Å²) in [5.41, 5.74) is 0. The summed E-state index contributed by atoms with van der Waals surface area (Å²) in [5, 5.41) is 16.2. The molecule has 1 aromatic carbocycles. The Bertz CT molecular complexity index is 370. The summed E-state index contributed by atoms with van der Waals surface area (Å²) in [6.45, 7) is -0.570. The second-order valence-corrected chi connectivity index (χ2v) is 3.98. The highest BCUT2D eigenvalue weighted by atomic mass is 32.2. The summed E-state index contributed by atoms with van der Waals surface area (Å²) >= 11 is 0.763. The highest BCUT2D eigenvalue weighted by Gasteiger charge is 2.18. The van der Waals surface area contributed by atoms with E-state index in [0.717, 1.165) is 23.9 Å². The van der Waals surface area contributed by atoms with E-state index in [1.54, 1.807) is 0 Å². The van der Waals surface area contributed by atoms with E-state index in [-0.39, 0.29) is 4.90 Å². The highest BCUT2D eigenvalue weighted by Crippen LogP contribution is 2.24. The quantitative estimate of drug-likeness (QED) is 0.775. The van der Waals surface area contributed by atoms with Gasteiger partial charge in [0.05, 0.1) is 6.61 Å². The standard InChI is InChI=1S/C9H8F2O3S/c10-6-2-1-5(3-7(6)11)15-8(4-12)9(13)14/h1-3,8,12H,4H2,(H,13,14).